The molecule has 0 aliphatic heterocycles. The van der Waals surface area contributed by atoms with Crippen LogP contribution in [-0.4, -0.2) is 11.2 Å². The lowest BCUT2D eigenvalue weighted by molar-refractivity contribution is 0.126. The summed E-state index contributed by atoms with van der Waals surface area (Å²) in [6.07, 6.45) is 6.50. The highest BCUT2D eigenvalue weighted by Crippen LogP contribution is 2.43. The van der Waals surface area contributed by atoms with Crippen LogP contribution < -0.4 is 0 Å². The summed E-state index contributed by atoms with van der Waals surface area (Å²) in [5.41, 5.74) is 0. The lowest BCUT2D eigenvalue weighted by Gasteiger charge is -2.10. The van der Waals surface area contributed by atoms with Gasteiger partial charge in [-0.2, -0.15) is 0 Å². The Kier molecular flexibility index (Phi) is 1.26. The molecule has 2 rings (SSSR count). The minimum Gasteiger partial charge on any atom is -0.393 e. The van der Waals surface area contributed by atoms with Crippen LogP contribution in [0.15, 0.2) is 0 Å². The van der Waals surface area contributed by atoms with Crippen molar-refractivity contribution in [3.05, 3.63) is 0 Å². The highest BCUT2D eigenvalue weighted by Gasteiger charge is 2.37. The van der Waals surface area contributed by atoms with E-state index in [1.807, 2.05) is 0 Å². The van der Waals surface area contributed by atoms with Crippen LogP contribution in [0.5, 0.6) is 0 Å². The predicted molar refractivity (Wildman–Crippen MR) is 36.1 cm³/mol. The van der Waals surface area contributed by atoms with Crippen molar-refractivity contribution >= 4 is 0 Å². The summed E-state index contributed by atoms with van der Waals surface area (Å²) in [7, 11) is 0. The van der Waals surface area contributed by atoms with Gasteiger partial charge in [-0.1, -0.05) is 12.8 Å². The average Bonchev–Trinajstić information content (AvgIpc) is 2.35. The van der Waals surface area contributed by atoms with E-state index in [-0.39, 0.29) is 6.10 Å². The number of hydrogen-bond acceptors (Lipinski definition) is 1. The summed E-state index contributed by atoms with van der Waals surface area (Å²) in [5, 5.41) is 9.40. The number of hydrogen-bond donors (Lipinski definition) is 1. The smallest absolute Gasteiger partial charge is 0.0571 e. The molecule has 1 N–H and O–H groups in total. The second-order valence-corrected chi connectivity index (χ2v) is 3.50. The van der Waals surface area contributed by atoms with Crippen LogP contribution in [0.25, 0.3) is 0 Å². The molecule has 1 nitrogen and oxygen atoms in total. The van der Waals surface area contributed by atoms with Gasteiger partial charge in [0.05, 0.1) is 6.10 Å². The van der Waals surface area contributed by atoms with E-state index >= 15 is 0 Å². The first kappa shape index (κ1) is 5.72. The molecule has 0 bridgehead atoms. The van der Waals surface area contributed by atoms with Crippen molar-refractivity contribution in [1.82, 2.24) is 0 Å². The number of aliphatic hydroxyl groups is 1. The fourth-order valence-electron chi connectivity index (χ4n) is 2.53. The molecule has 1 heteroatoms. The second kappa shape index (κ2) is 1.98. The minimum atomic E-state index is 0.0671. The zero-order valence-corrected chi connectivity index (χ0v) is 5.71. The maximum Gasteiger partial charge on any atom is 0.0571 e. The Labute approximate surface area is 56.1 Å². The molecular weight excluding hydrogens is 112 g/mol. The Balaban J connectivity index is 2.07. The fraction of sp³-hybridized carbons (Fsp3) is 1.00. The van der Waals surface area contributed by atoms with Gasteiger partial charge in [0.2, 0.25) is 0 Å². The third-order valence-electron chi connectivity index (χ3n) is 3.05. The van der Waals surface area contributed by atoms with Crippen LogP contribution in [0.1, 0.15) is 32.1 Å². The molecule has 0 saturated heterocycles. The molecule has 9 heavy (non-hydrogen) atoms. The van der Waals surface area contributed by atoms with E-state index in [0.29, 0.717) is 5.92 Å². The molecular formula is C8H14O. The quantitative estimate of drug-likeness (QED) is 0.522. The van der Waals surface area contributed by atoms with Crippen molar-refractivity contribution in [3.63, 3.8) is 0 Å². The Bertz CT molecular complexity index is 111. The van der Waals surface area contributed by atoms with Gasteiger partial charge in [-0.3, -0.25) is 0 Å². The molecule has 0 aromatic heterocycles. The molecule has 3 atom stereocenters. The van der Waals surface area contributed by atoms with Crippen LogP contribution in [0, 0.1) is 11.8 Å². The monoisotopic (exact) mass is 126 g/mol. The Hall–Kier alpha value is -0.0400. The van der Waals surface area contributed by atoms with E-state index in [4.69, 9.17) is 0 Å². The van der Waals surface area contributed by atoms with Gasteiger partial charge < -0.3 is 5.11 Å². The van der Waals surface area contributed by atoms with E-state index in [9.17, 15) is 5.11 Å². The van der Waals surface area contributed by atoms with Gasteiger partial charge in [0.25, 0.3) is 0 Å². The molecule has 0 aromatic carbocycles. The zero-order valence-electron chi connectivity index (χ0n) is 5.71. The molecule has 2 saturated carbocycles. The van der Waals surface area contributed by atoms with Crippen LogP contribution in [-0.2, 0) is 0 Å². The molecule has 0 aromatic rings. The molecule has 0 heterocycles. The van der Waals surface area contributed by atoms with Gasteiger partial charge in [-0.25, -0.2) is 0 Å². The molecule has 2 fully saturated rings. The van der Waals surface area contributed by atoms with Gasteiger partial charge in [0.1, 0.15) is 0 Å². The molecule has 2 aliphatic rings. The third kappa shape index (κ3) is 0.787. The molecule has 0 amide bonds. The molecule has 2 aliphatic carbocycles. The van der Waals surface area contributed by atoms with Gasteiger partial charge in [-0.05, 0) is 31.1 Å². The SMILES string of the molecule is O[C@@H]1CC[C@H]2CCC[C@@H]21. The highest BCUT2D eigenvalue weighted by molar-refractivity contribution is 4.88. The van der Waals surface area contributed by atoms with Crippen molar-refractivity contribution < 1.29 is 5.11 Å². The summed E-state index contributed by atoms with van der Waals surface area (Å²) in [5.74, 6) is 1.60. The molecule has 0 radical (unpaired) electrons. The summed E-state index contributed by atoms with van der Waals surface area (Å²) < 4.78 is 0. The van der Waals surface area contributed by atoms with Crippen molar-refractivity contribution in [2.24, 2.45) is 11.8 Å². The summed E-state index contributed by atoms with van der Waals surface area (Å²) >= 11 is 0. The Morgan fingerprint density at radius 3 is 2.67 bits per heavy atom. The standard InChI is InChI=1S/C8H14O/c9-8-5-4-6-2-1-3-7(6)8/h6-9H,1-5H2/t6-,7+,8-/m1/s1. The first-order chi connectivity index (χ1) is 4.38. The van der Waals surface area contributed by atoms with Gasteiger partial charge in [-0.15, -0.1) is 0 Å². The summed E-state index contributed by atoms with van der Waals surface area (Å²) in [6.45, 7) is 0. The summed E-state index contributed by atoms with van der Waals surface area (Å²) in [6, 6.07) is 0. The topological polar surface area (TPSA) is 20.2 Å². The van der Waals surface area contributed by atoms with E-state index < -0.39 is 0 Å². The van der Waals surface area contributed by atoms with Gasteiger partial charge in [0.15, 0.2) is 0 Å². The maximum atomic E-state index is 9.40. The Morgan fingerprint density at radius 2 is 1.89 bits per heavy atom. The first-order valence-electron chi connectivity index (χ1n) is 4.06. The van der Waals surface area contributed by atoms with Gasteiger partial charge in [0, 0.05) is 0 Å². The first-order valence-corrected chi connectivity index (χ1v) is 4.06. The van der Waals surface area contributed by atoms with Crippen molar-refractivity contribution in [2.75, 3.05) is 0 Å². The van der Waals surface area contributed by atoms with E-state index in [1.54, 1.807) is 0 Å². The molecule has 0 spiro atoms. The van der Waals surface area contributed by atoms with Crippen LogP contribution in [0.4, 0.5) is 0 Å². The van der Waals surface area contributed by atoms with Crippen LogP contribution >= 0.6 is 0 Å². The van der Waals surface area contributed by atoms with Gasteiger partial charge >= 0.3 is 0 Å². The maximum absolute atomic E-state index is 9.40. The molecule has 0 unspecified atom stereocenters. The largest absolute Gasteiger partial charge is 0.393 e. The number of fused-ring (bicyclic) bond motifs is 1. The lowest BCUT2D eigenvalue weighted by atomic mass is 9.99. The van der Waals surface area contributed by atoms with Crippen molar-refractivity contribution in [3.8, 4) is 0 Å². The third-order valence-corrected chi connectivity index (χ3v) is 3.05. The van der Waals surface area contributed by atoms with Crippen molar-refractivity contribution in [2.45, 2.75) is 38.2 Å². The van der Waals surface area contributed by atoms with E-state index in [2.05, 4.69) is 0 Å². The summed E-state index contributed by atoms with van der Waals surface area (Å²) in [4.78, 5) is 0. The minimum absolute atomic E-state index is 0.0671. The van der Waals surface area contributed by atoms with Crippen LogP contribution in [0.2, 0.25) is 0 Å². The van der Waals surface area contributed by atoms with Crippen LogP contribution in [0.3, 0.4) is 0 Å². The number of rotatable bonds is 0. The fourth-order valence-corrected chi connectivity index (χ4v) is 2.53. The lowest BCUT2D eigenvalue weighted by Crippen LogP contribution is -2.13. The average molecular weight is 126 g/mol. The zero-order chi connectivity index (χ0) is 6.27. The van der Waals surface area contributed by atoms with E-state index in [0.717, 1.165) is 12.3 Å². The van der Waals surface area contributed by atoms with E-state index in [1.165, 1.54) is 25.7 Å². The highest BCUT2D eigenvalue weighted by atomic mass is 16.3. The predicted octanol–water partition coefficient (Wildman–Crippen LogP) is 1.56. The Morgan fingerprint density at radius 1 is 1.00 bits per heavy atom. The number of aliphatic hydroxyl groups excluding tert-OH is 1. The molecule has 52 valence electrons. The second-order valence-electron chi connectivity index (χ2n) is 3.50. The van der Waals surface area contributed by atoms with Crippen molar-refractivity contribution in [1.29, 1.82) is 0 Å². The normalized spacial score (nSPS) is 49.7.